The van der Waals surface area contributed by atoms with E-state index in [1.165, 1.54) is 11.3 Å². The number of aromatic nitrogens is 2. The van der Waals surface area contributed by atoms with E-state index in [2.05, 4.69) is 9.97 Å². The van der Waals surface area contributed by atoms with Crippen molar-refractivity contribution in [3.8, 4) is 0 Å². The molecule has 1 atom stereocenters. The van der Waals surface area contributed by atoms with Crippen LogP contribution in [-0.4, -0.2) is 57.7 Å². The van der Waals surface area contributed by atoms with Gasteiger partial charge in [-0.3, -0.25) is 14.4 Å². The summed E-state index contributed by atoms with van der Waals surface area (Å²) in [7, 11) is 0. The Kier molecular flexibility index (Phi) is 5.38. The van der Waals surface area contributed by atoms with Crippen LogP contribution < -0.4 is 5.56 Å². The van der Waals surface area contributed by atoms with Crippen LogP contribution in [0.3, 0.4) is 0 Å². The van der Waals surface area contributed by atoms with E-state index >= 15 is 0 Å². The first kappa shape index (κ1) is 18.5. The number of aromatic amines is 1. The fraction of sp³-hybridized carbons (Fsp3) is 0.529. The summed E-state index contributed by atoms with van der Waals surface area (Å²) in [5.41, 5.74) is 0.770. The number of fused-ring (bicyclic) bond motifs is 1. The Morgan fingerprint density at radius 1 is 1.42 bits per heavy atom. The van der Waals surface area contributed by atoms with Crippen LogP contribution in [0.2, 0.25) is 0 Å². The lowest BCUT2D eigenvalue weighted by Crippen LogP contribution is -2.46. The lowest BCUT2D eigenvalue weighted by molar-refractivity contribution is -0.147. The Bertz CT molecular complexity index is 904. The number of aryl methyl sites for hydroxylation is 3. The van der Waals surface area contributed by atoms with Gasteiger partial charge in [-0.15, -0.1) is 11.3 Å². The fourth-order valence-electron chi connectivity index (χ4n) is 3.07. The van der Waals surface area contributed by atoms with Gasteiger partial charge in [-0.05, 0) is 19.4 Å². The second-order valence-corrected chi connectivity index (χ2v) is 7.61. The highest BCUT2D eigenvalue weighted by atomic mass is 32.1. The van der Waals surface area contributed by atoms with E-state index in [0.717, 1.165) is 10.4 Å². The molecule has 0 aliphatic carbocycles. The van der Waals surface area contributed by atoms with Crippen LogP contribution in [0.25, 0.3) is 10.2 Å². The molecule has 3 heterocycles. The average molecular weight is 379 g/mol. The third-order valence-corrected chi connectivity index (χ3v) is 5.66. The SMILES string of the molecule is Cc1sc2nc(CCC(=O)N3CCOC(CC(=O)O)C3)[nH]c(=O)c2c1C. The van der Waals surface area contributed by atoms with Gasteiger partial charge in [0.1, 0.15) is 10.7 Å². The molecule has 26 heavy (non-hydrogen) atoms. The fourth-order valence-corrected chi connectivity index (χ4v) is 4.11. The molecule has 9 heteroatoms. The molecule has 2 aromatic heterocycles. The molecule has 0 aromatic carbocycles. The minimum atomic E-state index is -0.944. The topological polar surface area (TPSA) is 113 Å². The van der Waals surface area contributed by atoms with Gasteiger partial charge in [0.15, 0.2) is 0 Å². The molecule has 0 spiro atoms. The Hall–Kier alpha value is -2.26. The lowest BCUT2D eigenvalue weighted by Gasteiger charge is -2.32. The highest BCUT2D eigenvalue weighted by molar-refractivity contribution is 7.18. The minimum Gasteiger partial charge on any atom is -0.481 e. The molecule has 0 saturated carbocycles. The molecule has 1 unspecified atom stereocenters. The van der Waals surface area contributed by atoms with E-state index < -0.39 is 12.1 Å². The predicted octanol–water partition coefficient (Wildman–Crippen LogP) is 1.24. The van der Waals surface area contributed by atoms with Gasteiger partial charge in [0.25, 0.3) is 5.56 Å². The number of carbonyl (C=O) groups is 2. The quantitative estimate of drug-likeness (QED) is 0.808. The third-order valence-electron chi connectivity index (χ3n) is 4.56. The zero-order chi connectivity index (χ0) is 18.8. The van der Waals surface area contributed by atoms with E-state index in [0.29, 0.717) is 35.6 Å². The first-order valence-corrected chi connectivity index (χ1v) is 9.27. The number of carboxylic acid groups (broad SMARTS) is 1. The van der Waals surface area contributed by atoms with Crippen molar-refractivity contribution in [2.75, 3.05) is 19.7 Å². The molecule has 1 saturated heterocycles. The number of amides is 1. The second-order valence-electron chi connectivity index (χ2n) is 6.41. The summed E-state index contributed by atoms with van der Waals surface area (Å²) in [4.78, 5) is 46.1. The van der Waals surface area contributed by atoms with Gasteiger partial charge in [0.05, 0.1) is 24.5 Å². The number of thiophene rings is 1. The van der Waals surface area contributed by atoms with E-state index in [4.69, 9.17) is 9.84 Å². The molecule has 2 N–H and O–H groups in total. The molecule has 2 aromatic rings. The van der Waals surface area contributed by atoms with Crippen LogP contribution in [0.1, 0.15) is 29.1 Å². The number of hydrogen-bond donors (Lipinski definition) is 2. The Labute approximate surface area is 153 Å². The smallest absolute Gasteiger partial charge is 0.306 e. The largest absolute Gasteiger partial charge is 0.481 e. The molecule has 1 amide bonds. The molecule has 0 radical (unpaired) electrons. The van der Waals surface area contributed by atoms with Gasteiger partial charge < -0.3 is 19.7 Å². The molecule has 0 bridgehead atoms. The van der Waals surface area contributed by atoms with Gasteiger partial charge in [-0.25, -0.2) is 4.98 Å². The zero-order valence-corrected chi connectivity index (χ0v) is 15.5. The van der Waals surface area contributed by atoms with Gasteiger partial charge in [0.2, 0.25) is 5.91 Å². The monoisotopic (exact) mass is 379 g/mol. The Balaban J connectivity index is 1.65. The van der Waals surface area contributed by atoms with E-state index in [1.807, 2.05) is 13.8 Å². The highest BCUT2D eigenvalue weighted by Gasteiger charge is 2.25. The summed E-state index contributed by atoms with van der Waals surface area (Å²) in [6.45, 7) is 4.91. The van der Waals surface area contributed by atoms with Crippen molar-refractivity contribution in [1.82, 2.24) is 14.9 Å². The minimum absolute atomic E-state index is 0.0926. The molecule has 1 fully saturated rings. The third kappa shape index (κ3) is 3.94. The molecule has 3 rings (SSSR count). The molecule has 1 aliphatic rings. The maximum atomic E-state index is 12.4. The Morgan fingerprint density at radius 2 is 2.19 bits per heavy atom. The number of morpholine rings is 1. The number of nitrogens with zero attached hydrogens (tertiary/aromatic N) is 2. The van der Waals surface area contributed by atoms with Gasteiger partial charge >= 0.3 is 5.97 Å². The van der Waals surface area contributed by atoms with Gasteiger partial charge in [-0.1, -0.05) is 0 Å². The summed E-state index contributed by atoms with van der Waals surface area (Å²) in [5.74, 6) is -0.543. The lowest BCUT2D eigenvalue weighted by atomic mass is 10.2. The van der Waals surface area contributed by atoms with Crippen molar-refractivity contribution in [3.63, 3.8) is 0 Å². The summed E-state index contributed by atoms with van der Waals surface area (Å²) in [6, 6.07) is 0. The van der Waals surface area contributed by atoms with Crippen LogP contribution in [0.4, 0.5) is 0 Å². The average Bonchev–Trinajstić information content (AvgIpc) is 2.87. The normalized spacial score (nSPS) is 17.6. The van der Waals surface area contributed by atoms with Crippen LogP contribution in [0.15, 0.2) is 4.79 Å². The number of carbonyl (C=O) groups excluding carboxylic acids is 1. The van der Waals surface area contributed by atoms with Crippen molar-refractivity contribution in [2.24, 2.45) is 0 Å². The summed E-state index contributed by atoms with van der Waals surface area (Å²) >= 11 is 1.48. The summed E-state index contributed by atoms with van der Waals surface area (Å²) < 4.78 is 5.38. The van der Waals surface area contributed by atoms with Crippen molar-refractivity contribution in [1.29, 1.82) is 0 Å². The number of nitrogens with one attached hydrogen (secondary N) is 1. The number of H-pyrrole nitrogens is 1. The van der Waals surface area contributed by atoms with Crippen molar-refractivity contribution in [3.05, 3.63) is 26.6 Å². The highest BCUT2D eigenvalue weighted by Crippen LogP contribution is 2.25. The van der Waals surface area contributed by atoms with Crippen molar-refractivity contribution >= 4 is 33.4 Å². The van der Waals surface area contributed by atoms with Gasteiger partial charge in [0, 0.05) is 30.8 Å². The standard InChI is InChI=1S/C17H21N3O5S/c1-9-10(2)26-17-15(9)16(24)18-12(19-17)3-4-13(21)20-5-6-25-11(8-20)7-14(22)23/h11H,3-8H2,1-2H3,(H,22,23)(H,18,19,24). The van der Waals surface area contributed by atoms with Gasteiger partial charge in [-0.2, -0.15) is 0 Å². The van der Waals surface area contributed by atoms with Crippen LogP contribution in [-0.2, 0) is 20.7 Å². The zero-order valence-electron chi connectivity index (χ0n) is 14.7. The van der Waals surface area contributed by atoms with Crippen LogP contribution in [0, 0.1) is 13.8 Å². The maximum Gasteiger partial charge on any atom is 0.306 e. The first-order valence-electron chi connectivity index (χ1n) is 8.45. The Morgan fingerprint density at radius 3 is 2.92 bits per heavy atom. The number of rotatable bonds is 5. The second kappa shape index (κ2) is 7.55. The molecular formula is C17H21N3O5S. The molecule has 1 aliphatic heterocycles. The number of hydrogen-bond acceptors (Lipinski definition) is 6. The predicted molar refractivity (Wildman–Crippen MR) is 96.6 cm³/mol. The van der Waals surface area contributed by atoms with Crippen LogP contribution in [0.5, 0.6) is 0 Å². The molecule has 8 nitrogen and oxygen atoms in total. The summed E-state index contributed by atoms with van der Waals surface area (Å²) in [6.07, 6.45) is -0.0538. The van der Waals surface area contributed by atoms with Crippen molar-refractivity contribution in [2.45, 2.75) is 39.2 Å². The van der Waals surface area contributed by atoms with E-state index in [9.17, 15) is 14.4 Å². The number of carboxylic acids is 1. The molecular weight excluding hydrogens is 358 g/mol. The number of aliphatic carboxylic acids is 1. The summed E-state index contributed by atoms with van der Waals surface area (Å²) in [5, 5.41) is 9.47. The maximum absolute atomic E-state index is 12.4. The van der Waals surface area contributed by atoms with Crippen LogP contribution >= 0.6 is 11.3 Å². The van der Waals surface area contributed by atoms with Crippen molar-refractivity contribution < 1.29 is 19.4 Å². The first-order chi connectivity index (χ1) is 12.3. The van der Waals surface area contributed by atoms with E-state index in [-0.39, 0.29) is 30.9 Å². The molecule has 140 valence electrons. The van der Waals surface area contributed by atoms with E-state index in [1.54, 1.807) is 4.90 Å². The number of ether oxygens (including phenoxy) is 1.